The second-order valence-electron chi connectivity index (χ2n) is 10.7. The highest BCUT2D eigenvalue weighted by Crippen LogP contribution is 2.38. The zero-order valence-corrected chi connectivity index (χ0v) is 24.2. The van der Waals surface area contributed by atoms with Crippen LogP contribution in [0.3, 0.4) is 0 Å². The summed E-state index contributed by atoms with van der Waals surface area (Å²) in [5.41, 5.74) is 0.240. The maximum atomic E-state index is 15.4. The van der Waals surface area contributed by atoms with Crippen LogP contribution in [0.2, 0.25) is 5.02 Å². The number of aromatic nitrogens is 3. The molecule has 2 aromatic carbocycles. The molecule has 4 aromatic rings. The van der Waals surface area contributed by atoms with Crippen LogP contribution in [0.4, 0.5) is 22.0 Å². The van der Waals surface area contributed by atoms with E-state index in [1.165, 1.54) is 25.2 Å². The summed E-state index contributed by atoms with van der Waals surface area (Å²) < 4.78 is 84.4. The summed E-state index contributed by atoms with van der Waals surface area (Å²) >= 11 is 5.78. The summed E-state index contributed by atoms with van der Waals surface area (Å²) in [4.78, 5) is 22.9. The monoisotopic (exact) mass is 635 g/mol. The van der Waals surface area contributed by atoms with E-state index in [9.17, 15) is 22.4 Å². The van der Waals surface area contributed by atoms with Crippen LogP contribution >= 0.6 is 11.6 Å². The maximum Gasteiger partial charge on any atom is 0.421 e. The van der Waals surface area contributed by atoms with Gasteiger partial charge in [-0.3, -0.25) is 9.69 Å². The van der Waals surface area contributed by atoms with Gasteiger partial charge in [0.2, 0.25) is 5.88 Å². The van der Waals surface area contributed by atoms with Crippen LogP contribution in [0.5, 0.6) is 5.88 Å². The fourth-order valence-electron chi connectivity index (χ4n) is 5.40. The van der Waals surface area contributed by atoms with Crippen molar-refractivity contribution < 1.29 is 36.2 Å². The van der Waals surface area contributed by atoms with Crippen molar-refractivity contribution >= 4 is 28.5 Å². The number of alkyl halides is 3. The highest BCUT2D eigenvalue weighted by Gasteiger charge is 2.37. The smallest absolute Gasteiger partial charge is 0.421 e. The summed E-state index contributed by atoms with van der Waals surface area (Å²) in [5.74, 6) is -2.14. The normalized spacial score (nSPS) is 16.9. The minimum Gasteiger partial charge on any atom is -0.472 e. The molecule has 1 atom stereocenters. The van der Waals surface area contributed by atoms with Gasteiger partial charge in [-0.2, -0.15) is 13.2 Å². The molecule has 0 radical (unpaired) electrons. The number of rotatable bonds is 8. The first-order valence-electron chi connectivity index (χ1n) is 13.9. The predicted octanol–water partition coefficient (Wildman–Crippen LogP) is 5.67. The molecule has 2 aliphatic heterocycles. The minimum absolute atomic E-state index is 0.0322. The number of hydrogen-bond acceptors (Lipinski definition) is 6. The second kappa shape index (κ2) is 11.9. The summed E-state index contributed by atoms with van der Waals surface area (Å²) in [6, 6.07) is 7.91. The quantitative estimate of drug-likeness (QED) is 0.252. The molecule has 0 saturated carbocycles. The van der Waals surface area contributed by atoms with Gasteiger partial charge in [0.1, 0.15) is 29.3 Å². The van der Waals surface area contributed by atoms with E-state index >= 15 is 4.39 Å². The number of carbonyl (C=O) groups is 1. The molecule has 2 aromatic heterocycles. The Bertz CT molecular complexity index is 1740. The molecule has 8 nitrogen and oxygen atoms in total. The van der Waals surface area contributed by atoms with Gasteiger partial charge >= 0.3 is 6.18 Å². The molecule has 0 spiro atoms. The molecule has 0 unspecified atom stereocenters. The van der Waals surface area contributed by atoms with E-state index in [0.717, 1.165) is 18.6 Å². The molecule has 44 heavy (non-hydrogen) atoms. The largest absolute Gasteiger partial charge is 0.472 e. The Morgan fingerprint density at radius 2 is 1.98 bits per heavy atom. The predicted molar refractivity (Wildman–Crippen MR) is 150 cm³/mol. The Morgan fingerprint density at radius 1 is 1.18 bits per heavy atom. The zero-order chi connectivity index (χ0) is 31.2. The number of carbonyl (C=O) groups excluding carboxylic acids is 1. The van der Waals surface area contributed by atoms with E-state index in [1.807, 2.05) is 9.47 Å². The highest BCUT2D eigenvalue weighted by molar-refractivity contribution is 6.30. The van der Waals surface area contributed by atoms with Crippen molar-refractivity contribution in [2.45, 2.75) is 51.4 Å². The fourth-order valence-corrected chi connectivity index (χ4v) is 5.56. The lowest BCUT2D eigenvalue weighted by molar-refractivity contribution is -0.139. The number of nitrogens with zero attached hydrogens (tertiary/aromatic N) is 4. The molecule has 14 heteroatoms. The minimum atomic E-state index is -4.74. The van der Waals surface area contributed by atoms with Gasteiger partial charge in [-0.25, -0.2) is 18.7 Å². The summed E-state index contributed by atoms with van der Waals surface area (Å²) in [7, 11) is 1.41. The lowest BCUT2D eigenvalue weighted by atomic mass is 10.0. The van der Waals surface area contributed by atoms with Crippen LogP contribution in [0, 0.1) is 11.6 Å². The van der Waals surface area contributed by atoms with Crippen molar-refractivity contribution in [3.05, 3.63) is 86.8 Å². The van der Waals surface area contributed by atoms with E-state index < -0.39 is 41.8 Å². The topological polar surface area (TPSA) is 81.5 Å². The van der Waals surface area contributed by atoms with Gasteiger partial charge in [0, 0.05) is 37.3 Å². The Morgan fingerprint density at radius 3 is 2.66 bits per heavy atom. The fraction of sp³-hybridized carbons (Fsp3) is 0.367. The molecular weight excluding hydrogens is 609 g/mol. The van der Waals surface area contributed by atoms with E-state index in [-0.39, 0.29) is 47.3 Å². The van der Waals surface area contributed by atoms with Crippen LogP contribution < -0.4 is 10.1 Å². The van der Waals surface area contributed by atoms with Gasteiger partial charge in [-0.15, -0.1) is 0 Å². The van der Waals surface area contributed by atoms with Crippen molar-refractivity contribution in [2.75, 3.05) is 20.2 Å². The van der Waals surface area contributed by atoms with Crippen LogP contribution in [0.1, 0.15) is 45.0 Å². The maximum absolute atomic E-state index is 15.4. The van der Waals surface area contributed by atoms with Crippen LogP contribution in [-0.2, 0) is 43.6 Å². The van der Waals surface area contributed by atoms with Crippen LogP contribution in [-0.4, -0.2) is 51.6 Å². The average Bonchev–Trinajstić information content (AvgIpc) is 3.30. The molecule has 0 aliphatic carbocycles. The van der Waals surface area contributed by atoms with Crippen molar-refractivity contribution in [1.82, 2.24) is 24.8 Å². The van der Waals surface area contributed by atoms with E-state index in [1.54, 1.807) is 6.07 Å². The third-order valence-electron chi connectivity index (χ3n) is 7.87. The summed E-state index contributed by atoms with van der Waals surface area (Å²) in [6.45, 7) is 1.40. The number of nitrogens with one attached hydrogen (secondary N) is 1. The number of fused-ring (bicyclic) bond motifs is 2. The molecule has 6 rings (SSSR count). The van der Waals surface area contributed by atoms with Gasteiger partial charge in [0.05, 0.1) is 36.0 Å². The number of benzene rings is 2. The lowest BCUT2D eigenvalue weighted by Gasteiger charge is -2.30. The Balaban J connectivity index is 1.29. The SMILES string of the molecule is CNC(=O)c1ccc2c(nc(CN3CCc4cc(C(F)(F)F)c(OCc5ccc(Cl)cc5F)nc4C3)n2C[C@@H]2CCO2)c1F. The van der Waals surface area contributed by atoms with E-state index in [2.05, 4.69) is 15.3 Å². The Labute approximate surface area is 253 Å². The standard InChI is InChI=1S/C30H27ClF5N5O3/c1-37-28(42)20-4-5-24-27(26(20)33)39-25(41(24)12-19-7-9-43-19)14-40-8-6-16-10-21(30(34,35)36)29(38-23(16)13-40)44-15-17-2-3-18(31)11-22(17)32/h2-5,10-11,19H,6-9,12-15H2,1H3,(H,37,42)/t19-/m0/s1. The van der Waals surface area contributed by atoms with Gasteiger partial charge in [0.15, 0.2) is 5.82 Å². The molecule has 0 bridgehead atoms. The average molecular weight is 636 g/mol. The summed E-state index contributed by atoms with van der Waals surface area (Å²) in [5, 5.41) is 2.57. The van der Waals surface area contributed by atoms with Crippen LogP contribution in [0.25, 0.3) is 11.0 Å². The molecular formula is C30H27ClF5N5O3. The van der Waals surface area contributed by atoms with Crippen molar-refractivity contribution in [1.29, 1.82) is 0 Å². The van der Waals surface area contributed by atoms with Gasteiger partial charge in [-0.05, 0) is 48.7 Å². The van der Waals surface area contributed by atoms with Gasteiger partial charge in [0.25, 0.3) is 5.91 Å². The van der Waals surface area contributed by atoms with E-state index in [0.29, 0.717) is 42.3 Å². The second-order valence-corrected chi connectivity index (χ2v) is 11.2. The highest BCUT2D eigenvalue weighted by atomic mass is 35.5. The van der Waals surface area contributed by atoms with Gasteiger partial charge in [-0.1, -0.05) is 17.7 Å². The molecule has 1 saturated heterocycles. The number of hydrogen-bond donors (Lipinski definition) is 1. The Kier molecular flexibility index (Phi) is 8.20. The van der Waals surface area contributed by atoms with Crippen molar-refractivity contribution in [3.63, 3.8) is 0 Å². The van der Waals surface area contributed by atoms with E-state index in [4.69, 9.17) is 21.1 Å². The number of amides is 1. The lowest BCUT2D eigenvalue weighted by Crippen LogP contribution is -2.34. The molecule has 1 N–H and O–H groups in total. The molecule has 232 valence electrons. The number of imidazole rings is 1. The zero-order valence-electron chi connectivity index (χ0n) is 23.5. The third kappa shape index (κ3) is 5.95. The molecule has 2 aliphatic rings. The molecule has 4 heterocycles. The molecule has 1 amide bonds. The van der Waals surface area contributed by atoms with Crippen LogP contribution in [0.15, 0.2) is 36.4 Å². The summed E-state index contributed by atoms with van der Waals surface area (Å²) in [6.07, 6.45) is -3.69. The van der Waals surface area contributed by atoms with Gasteiger partial charge < -0.3 is 19.4 Å². The number of halogens is 6. The van der Waals surface area contributed by atoms with Crippen molar-refractivity contribution in [2.24, 2.45) is 0 Å². The number of ether oxygens (including phenoxy) is 2. The first kappa shape index (κ1) is 30.2. The first-order chi connectivity index (χ1) is 21.0. The first-order valence-corrected chi connectivity index (χ1v) is 14.3. The number of pyridine rings is 1. The third-order valence-corrected chi connectivity index (χ3v) is 8.10. The molecule has 1 fully saturated rings. The van der Waals surface area contributed by atoms with Crippen molar-refractivity contribution in [3.8, 4) is 5.88 Å². The Hall–Kier alpha value is -3.81.